The summed E-state index contributed by atoms with van der Waals surface area (Å²) in [6.07, 6.45) is -0.599. The zero-order valence-corrected chi connectivity index (χ0v) is 12.7. The summed E-state index contributed by atoms with van der Waals surface area (Å²) in [5.74, 6) is 0.358. The molecule has 0 radical (unpaired) electrons. The van der Waals surface area contributed by atoms with E-state index in [-0.39, 0.29) is 25.0 Å². The number of halogens is 1. The molecule has 0 aliphatic rings. The highest BCUT2D eigenvalue weighted by Gasteiger charge is 2.24. The first kappa shape index (κ1) is 19.8. The first-order valence-corrected chi connectivity index (χ1v) is 6.03. The monoisotopic (exact) mass is 282 g/mol. The molecule has 6 heteroatoms. The maximum absolute atomic E-state index is 11.6. The van der Waals surface area contributed by atoms with Crippen LogP contribution in [0, 0.1) is 5.92 Å². The van der Waals surface area contributed by atoms with Gasteiger partial charge in [0.1, 0.15) is 5.60 Å². The molecule has 0 aromatic rings. The van der Waals surface area contributed by atoms with Gasteiger partial charge in [0, 0.05) is 6.54 Å². The van der Waals surface area contributed by atoms with E-state index in [1.54, 1.807) is 20.8 Å². The van der Waals surface area contributed by atoms with Crippen molar-refractivity contribution in [1.29, 1.82) is 0 Å². The minimum Gasteiger partial charge on any atom is -0.444 e. The summed E-state index contributed by atoms with van der Waals surface area (Å²) in [7, 11) is 0. The topological polar surface area (TPSA) is 84.6 Å². The number of nitrogens with two attached hydrogens (primary N) is 1. The highest BCUT2D eigenvalue weighted by Crippen LogP contribution is 2.11. The SMILES string of the molecule is CC(C)CC(NC(=O)OC(C)(C)C)C(O)CN.Cl. The van der Waals surface area contributed by atoms with E-state index >= 15 is 0 Å². The highest BCUT2D eigenvalue weighted by molar-refractivity contribution is 5.85. The van der Waals surface area contributed by atoms with Crippen LogP contribution in [0.15, 0.2) is 0 Å². The molecule has 0 saturated heterocycles. The fraction of sp³-hybridized carbons (Fsp3) is 0.917. The van der Waals surface area contributed by atoms with Crippen LogP contribution in [0.1, 0.15) is 41.0 Å². The molecule has 4 N–H and O–H groups in total. The normalized spacial score (nSPS) is 14.7. The zero-order valence-electron chi connectivity index (χ0n) is 11.9. The second-order valence-electron chi connectivity index (χ2n) is 5.69. The van der Waals surface area contributed by atoms with Crippen molar-refractivity contribution in [1.82, 2.24) is 5.32 Å². The molecule has 0 rings (SSSR count). The molecule has 1 amide bonds. The average molecular weight is 283 g/mol. The van der Waals surface area contributed by atoms with Crippen LogP contribution < -0.4 is 11.1 Å². The van der Waals surface area contributed by atoms with Crippen LogP contribution in [0.25, 0.3) is 0 Å². The number of hydrogen-bond donors (Lipinski definition) is 3. The molecular formula is C12H27ClN2O3. The third-order valence-electron chi connectivity index (χ3n) is 2.13. The molecule has 0 bridgehead atoms. The molecule has 0 spiro atoms. The molecule has 0 heterocycles. The van der Waals surface area contributed by atoms with Crippen LogP contribution in [-0.4, -0.2) is 35.5 Å². The van der Waals surface area contributed by atoms with Gasteiger partial charge in [-0.3, -0.25) is 0 Å². The summed E-state index contributed by atoms with van der Waals surface area (Å²) in [6.45, 7) is 9.55. The van der Waals surface area contributed by atoms with Crippen molar-refractivity contribution >= 4 is 18.5 Å². The molecule has 0 aromatic heterocycles. The first-order valence-electron chi connectivity index (χ1n) is 6.03. The van der Waals surface area contributed by atoms with E-state index in [4.69, 9.17) is 10.5 Å². The molecule has 0 aliphatic carbocycles. The lowest BCUT2D eigenvalue weighted by molar-refractivity contribution is 0.0413. The number of carbonyl (C=O) groups excluding carboxylic acids is 1. The Hall–Kier alpha value is -0.520. The van der Waals surface area contributed by atoms with Gasteiger partial charge in [-0.25, -0.2) is 4.79 Å². The third-order valence-corrected chi connectivity index (χ3v) is 2.13. The number of amides is 1. The number of alkyl carbamates (subject to hydrolysis) is 1. The Bertz CT molecular complexity index is 242. The van der Waals surface area contributed by atoms with Gasteiger partial charge >= 0.3 is 6.09 Å². The lowest BCUT2D eigenvalue weighted by atomic mass is 9.99. The second kappa shape index (κ2) is 8.56. The Kier molecular flexibility index (Phi) is 9.42. The minimum absolute atomic E-state index is 0. The zero-order chi connectivity index (χ0) is 13.6. The predicted octanol–water partition coefficient (Wildman–Crippen LogP) is 1.67. The van der Waals surface area contributed by atoms with Gasteiger partial charge in [-0.05, 0) is 33.1 Å². The van der Waals surface area contributed by atoms with Gasteiger partial charge in [0.25, 0.3) is 0 Å². The van der Waals surface area contributed by atoms with Crippen molar-refractivity contribution in [3.8, 4) is 0 Å². The Morgan fingerprint density at radius 2 is 1.89 bits per heavy atom. The number of carbonyl (C=O) groups is 1. The summed E-state index contributed by atoms with van der Waals surface area (Å²) >= 11 is 0. The molecule has 2 unspecified atom stereocenters. The van der Waals surface area contributed by atoms with Gasteiger partial charge in [0.2, 0.25) is 0 Å². The number of nitrogens with one attached hydrogen (secondary N) is 1. The van der Waals surface area contributed by atoms with Crippen molar-refractivity contribution in [3.63, 3.8) is 0 Å². The van der Waals surface area contributed by atoms with E-state index in [0.717, 1.165) is 0 Å². The smallest absolute Gasteiger partial charge is 0.407 e. The molecule has 0 fully saturated rings. The van der Waals surface area contributed by atoms with Gasteiger partial charge < -0.3 is 20.9 Å². The van der Waals surface area contributed by atoms with E-state index in [9.17, 15) is 9.90 Å². The minimum atomic E-state index is -0.745. The lowest BCUT2D eigenvalue weighted by Gasteiger charge is -2.27. The summed E-state index contributed by atoms with van der Waals surface area (Å²) < 4.78 is 5.14. The van der Waals surface area contributed by atoms with E-state index in [1.165, 1.54) is 0 Å². The molecule has 0 aromatic carbocycles. The van der Waals surface area contributed by atoms with E-state index < -0.39 is 17.8 Å². The van der Waals surface area contributed by atoms with Gasteiger partial charge in [-0.15, -0.1) is 12.4 Å². The van der Waals surface area contributed by atoms with Crippen molar-refractivity contribution < 1.29 is 14.6 Å². The Labute approximate surface area is 116 Å². The van der Waals surface area contributed by atoms with Gasteiger partial charge in [-0.2, -0.15) is 0 Å². The molecular weight excluding hydrogens is 256 g/mol. The van der Waals surface area contributed by atoms with E-state index in [2.05, 4.69) is 5.32 Å². The maximum atomic E-state index is 11.6. The summed E-state index contributed by atoms with van der Waals surface area (Å²) in [6, 6.07) is -0.366. The van der Waals surface area contributed by atoms with Gasteiger partial charge in [-0.1, -0.05) is 13.8 Å². The molecule has 5 nitrogen and oxygen atoms in total. The molecule has 0 saturated carbocycles. The molecule has 0 aliphatic heterocycles. The summed E-state index contributed by atoms with van der Waals surface area (Å²) in [5.41, 5.74) is 4.87. The Morgan fingerprint density at radius 3 is 2.22 bits per heavy atom. The Balaban J connectivity index is 0. The predicted molar refractivity (Wildman–Crippen MR) is 74.9 cm³/mol. The van der Waals surface area contributed by atoms with Crippen molar-refractivity contribution in [3.05, 3.63) is 0 Å². The van der Waals surface area contributed by atoms with Crippen LogP contribution in [0.4, 0.5) is 4.79 Å². The highest BCUT2D eigenvalue weighted by atomic mass is 35.5. The lowest BCUT2D eigenvalue weighted by Crippen LogP contribution is -2.48. The van der Waals surface area contributed by atoms with Crippen LogP contribution in [-0.2, 0) is 4.74 Å². The molecule has 110 valence electrons. The number of ether oxygens (including phenoxy) is 1. The molecule has 2 atom stereocenters. The van der Waals surface area contributed by atoms with Crippen molar-refractivity contribution in [2.24, 2.45) is 11.7 Å². The van der Waals surface area contributed by atoms with Crippen molar-refractivity contribution in [2.75, 3.05) is 6.54 Å². The number of hydrogen-bond acceptors (Lipinski definition) is 4. The second-order valence-corrected chi connectivity index (χ2v) is 5.69. The summed E-state index contributed by atoms with van der Waals surface area (Å²) in [5, 5.41) is 12.4. The van der Waals surface area contributed by atoms with Gasteiger partial charge in [0.15, 0.2) is 0 Å². The van der Waals surface area contributed by atoms with Crippen LogP contribution >= 0.6 is 12.4 Å². The molecule has 18 heavy (non-hydrogen) atoms. The first-order chi connectivity index (χ1) is 7.65. The van der Waals surface area contributed by atoms with Crippen molar-refractivity contribution in [2.45, 2.75) is 58.8 Å². The maximum Gasteiger partial charge on any atom is 0.407 e. The van der Waals surface area contributed by atoms with E-state index in [0.29, 0.717) is 12.3 Å². The Morgan fingerprint density at radius 1 is 1.39 bits per heavy atom. The number of rotatable bonds is 5. The van der Waals surface area contributed by atoms with E-state index in [1.807, 2.05) is 13.8 Å². The average Bonchev–Trinajstić information content (AvgIpc) is 2.11. The fourth-order valence-electron chi connectivity index (χ4n) is 1.44. The number of aliphatic hydroxyl groups excluding tert-OH is 1. The standard InChI is InChI=1S/C12H26N2O3.ClH/c1-8(2)6-9(10(15)7-13)14-11(16)17-12(3,4)5;/h8-10,15H,6-7,13H2,1-5H3,(H,14,16);1H. The largest absolute Gasteiger partial charge is 0.444 e. The van der Waals surface area contributed by atoms with Crippen LogP contribution in [0.5, 0.6) is 0 Å². The quantitative estimate of drug-likeness (QED) is 0.716. The van der Waals surface area contributed by atoms with Gasteiger partial charge in [0.05, 0.1) is 12.1 Å². The third kappa shape index (κ3) is 9.50. The van der Waals surface area contributed by atoms with Crippen LogP contribution in [0.3, 0.4) is 0 Å². The fourth-order valence-corrected chi connectivity index (χ4v) is 1.44. The summed E-state index contributed by atoms with van der Waals surface area (Å²) in [4.78, 5) is 11.6. The number of aliphatic hydroxyl groups is 1. The van der Waals surface area contributed by atoms with Crippen LogP contribution in [0.2, 0.25) is 0 Å².